The van der Waals surface area contributed by atoms with E-state index in [1.54, 1.807) is 0 Å². The molecule has 0 unspecified atom stereocenters. The van der Waals surface area contributed by atoms with Crippen LogP contribution in [0.3, 0.4) is 0 Å². The first-order chi connectivity index (χ1) is 8.24. The van der Waals surface area contributed by atoms with Crippen LogP contribution in [0.2, 0.25) is 9.38 Å². The van der Waals surface area contributed by atoms with E-state index in [4.69, 9.17) is 5.73 Å². The maximum atomic E-state index is 9.53. The van der Waals surface area contributed by atoms with Crippen LogP contribution in [0.4, 0.5) is 0 Å². The predicted octanol–water partition coefficient (Wildman–Crippen LogP) is 1.19. The molecule has 0 heterocycles. The zero-order chi connectivity index (χ0) is 13.8. The molecule has 0 aliphatic carbocycles. The Bertz CT molecular complexity index is 81.5. The summed E-state index contributed by atoms with van der Waals surface area (Å²) in [6.45, 7) is 5.10. The van der Waals surface area contributed by atoms with Gasteiger partial charge in [0.15, 0.2) is 0 Å². The SMILES string of the molecule is CCCC[O-].CCCC[O-].[CH3][Sn+2][CH2]CCCN. The van der Waals surface area contributed by atoms with E-state index in [0.29, 0.717) is 0 Å². The Labute approximate surface area is 118 Å². The normalized spacial score (nSPS) is 8.35. The molecule has 4 heteroatoms. The van der Waals surface area contributed by atoms with Crippen LogP contribution >= 0.6 is 0 Å². The maximum absolute atomic E-state index is 9.53. The predicted molar refractivity (Wildman–Crippen MR) is 74.3 cm³/mol. The molecule has 3 nitrogen and oxygen atoms in total. The van der Waals surface area contributed by atoms with Crippen LogP contribution in [0, 0.1) is 0 Å². The van der Waals surface area contributed by atoms with Crippen LogP contribution in [0.25, 0.3) is 0 Å². The molecule has 17 heavy (non-hydrogen) atoms. The van der Waals surface area contributed by atoms with Crippen molar-refractivity contribution in [1.29, 1.82) is 0 Å². The number of nitrogens with two attached hydrogens (primary N) is 1. The zero-order valence-corrected chi connectivity index (χ0v) is 14.8. The summed E-state index contributed by atoms with van der Waals surface area (Å²) >= 11 is 0.121. The second-order valence-electron chi connectivity index (χ2n) is 3.71. The Morgan fingerprint density at radius 2 is 1.35 bits per heavy atom. The molecule has 0 saturated carbocycles. The third-order valence-corrected chi connectivity index (χ3v) is 4.31. The molecule has 0 aliphatic heterocycles. The van der Waals surface area contributed by atoms with Gasteiger partial charge < -0.3 is 10.2 Å². The average molecular weight is 352 g/mol. The summed E-state index contributed by atoms with van der Waals surface area (Å²) in [6, 6.07) is 0. The summed E-state index contributed by atoms with van der Waals surface area (Å²) in [4.78, 5) is 2.37. The monoisotopic (exact) mass is 353 g/mol. The zero-order valence-electron chi connectivity index (χ0n) is 12.0. The molecular formula is C13H31NO2Sn. The second-order valence-corrected chi connectivity index (χ2v) is 7.16. The minimum absolute atomic E-state index is 0.0938. The summed E-state index contributed by atoms with van der Waals surface area (Å²) in [5.41, 5.74) is 5.29. The summed E-state index contributed by atoms with van der Waals surface area (Å²) in [5, 5.41) is 19.1. The van der Waals surface area contributed by atoms with Crippen molar-refractivity contribution in [2.75, 3.05) is 19.8 Å². The van der Waals surface area contributed by atoms with Crippen molar-refractivity contribution >= 4 is 21.1 Å². The van der Waals surface area contributed by atoms with Crippen molar-refractivity contribution in [3.05, 3.63) is 0 Å². The van der Waals surface area contributed by atoms with E-state index < -0.39 is 0 Å². The Morgan fingerprint density at radius 3 is 1.53 bits per heavy atom. The first-order valence-electron chi connectivity index (χ1n) is 6.75. The molecule has 0 rings (SSSR count). The van der Waals surface area contributed by atoms with Gasteiger partial charge in [0, 0.05) is 0 Å². The van der Waals surface area contributed by atoms with Gasteiger partial charge in [0.25, 0.3) is 0 Å². The molecule has 0 atom stereocenters. The Kier molecular flexibility index (Phi) is 40.4. The van der Waals surface area contributed by atoms with E-state index in [1.807, 2.05) is 13.8 Å². The Morgan fingerprint density at radius 1 is 0.882 bits per heavy atom. The molecule has 0 spiro atoms. The van der Waals surface area contributed by atoms with E-state index >= 15 is 0 Å². The van der Waals surface area contributed by atoms with Gasteiger partial charge in [0.1, 0.15) is 0 Å². The molecule has 0 aromatic heterocycles. The third kappa shape index (κ3) is 47.7. The minimum atomic E-state index is 0.0938. The molecule has 0 aliphatic rings. The quantitative estimate of drug-likeness (QED) is 0.527. The first-order valence-corrected chi connectivity index (χ1v) is 11.6. The van der Waals surface area contributed by atoms with Crippen LogP contribution in [-0.4, -0.2) is 40.9 Å². The number of rotatable bonds is 8. The molecule has 0 saturated heterocycles. The van der Waals surface area contributed by atoms with Gasteiger partial charge in [0.2, 0.25) is 0 Å². The van der Waals surface area contributed by atoms with Crippen molar-refractivity contribution < 1.29 is 10.2 Å². The van der Waals surface area contributed by atoms with Crippen molar-refractivity contribution in [3.63, 3.8) is 0 Å². The molecule has 0 aromatic carbocycles. The summed E-state index contributed by atoms with van der Waals surface area (Å²) in [7, 11) is 0. The second kappa shape index (κ2) is 30.1. The van der Waals surface area contributed by atoms with Gasteiger partial charge in [-0.05, 0) is 0 Å². The summed E-state index contributed by atoms with van der Waals surface area (Å²) in [5.74, 6) is 0. The fourth-order valence-electron chi connectivity index (χ4n) is 0.735. The van der Waals surface area contributed by atoms with E-state index in [2.05, 4.69) is 4.94 Å². The van der Waals surface area contributed by atoms with Gasteiger partial charge in [-0.15, -0.1) is 13.2 Å². The van der Waals surface area contributed by atoms with Crippen molar-refractivity contribution in [3.8, 4) is 0 Å². The first kappa shape index (κ1) is 22.8. The van der Waals surface area contributed by atoms with Gasteiger partial charge in [-0.3, -0.25) is 0 Å². The fourth-order valence-corrected chi connectivity index (χ4v) is 2.46. The van der Waals surface area contributed by atoms with Crippen molar-refractivity contribution in [1.82, 2.24) is 0 Å². The molecule has 0 amide bonds. The van der Waals surface area contributed by atoms with Gasteiger partial charge in [0.05, 0.1) is 0 Å². The van der Waals surface area contributed by atoms with Gasteiger partial charge in [-0.2, -0.15) is 0 Å². The van der Waals surface area contributed by atoms with Crippen molar-refractivity contribution in [2.24, 2.45) is 5.73 Å². The summed E-state index contributed by atoms with van der Waals surface area (Å²) < 4.78 is 1.51. The number of hydrogen-bond donors (Lipinski definition) is 1. The van der Waals surface area contributed by atoms with Gasteiger partial charge in [-0.1, -0.05) is 39.5 Å². The average Bonchev–Trinajstić information content (AvgIpc) is 2.33. The molecule has 0 fully saturated rings. The van der Waals surface area contributed by atoms with Gasteiger partial charge in [-0.25, -0.2) is 0 Å². The van der Waals surface area contributed by atoms with Crippen LogP contribution in [-0.2, 0) is 0 Å². The standard InChI is InChI=1S/C4H10N.2C4H9O.CH3.Sn/c3*1-2-3-4-5;;/h1-5H2;2*2-4H2,1H3;1H3;/q;2*-1;;+2. The van der Waals surface area contributed by atoms with E-state index in [-0.39, 0.29) is 34.4 Å². The molecule has 104 valence electrons. The van der Waals surface area contributed by atoms with Crippen molar-refractivity contribution in [2.45, 2.75) is 61.7 Å². The van der Waals surface area contributed by atoms with Gasteiger partial charge >= 0.3 is 55.6 Å². The van der Waals surface area contributed by atoms with E-state index in [9.17, 15) is 10.2 Å². The Hall–Kier alpha value is 0.679. The van der Waals surface area contributed by atoms with Crippen LogP contribution in [0.1, 0.15) is 52.4 Å². The molecule has 0 aromatic rings. The third-order valence-electron chi connectivity index (χ3n) is 1.88. The molecule has 0 bridgehead atoms. The molecular weight excluding hydrogens is 321 g/mol. The number of hydrogen-bond acceptors (Lipinski definition) is 3. The van der Waals surface area contributed by atoms with Crippen LogP contribution < -0.4 is 15.9 Å². The number of unbranched alkanes of at least 4 members (excludes halogenated alkanes) is 3. The van der Waals surface area contributed by atoms with Crippen LogP contribution in [0.5, 0.6) is 0 Å². The van der Waals surface area contributed by atoms with E-state index in [1.165, 1.54) is 17.3 Å². The van der Waals surface area contributed by atoms with E-state index in [0.717, 1.165) is 32.2 Å². The Balaban J connectivity index is -0.000000177. The topological polar surface area (TPSA) is 72.1 Å². The molecule has 0 radical (unpaired) electrons. The summed E-state index contributed by atoms with van der Waals surface area (Å²) in [6.07, 6.45) is 6.36. The van der Waals surface area contributed by atoms with Crippen LogP contribution in [0.15, 0.2) is 0 Å². The molecule has 2 N–H and O–H groups in total. The fraction of sp³-hybridized carbons (Fsp3) is 1.00.